The lowest BCUT2D eigenvalue weighted by atomic mass is 10.0. The fourth-order valence-corrected chi connectivity index (χ4v) is 2.75. The summed E-state index contributed by atoms with van der Waals surface area (Å²) < 4.78 is 1.05. The first-order valence-electron chi connectivity index (χ1n) is 6.26. The van der Waals surface area contributed by atoms with Crippen LogP contribution in [0.5, 0.6) is 0 Å². The topological polar surface area (TPSA) is 28.2 Å². The van der Waals surface area contributed by atoms with Crippen molar-refractivity contribution >= 4 is 21.6 Å². The number of hydrogen-bond acceptors (Lipinski definition) is 3. The Hall–Kier alpha value is -0.610. The van der Waals surface area contributed by atoms with Crippen molar-refractivity contribution in [3.05, 3.63) is 22.9 Å². The van der Waals surface area contributed by atoms with Crippen LogP contribution in [0.4, 0.5) is 5.69 Å². The molecule has 1 aliphatic rings. The zero-order valence-electron chi connectivity index (χ0n) is 10.5. The summed E-state index contributed by atoms with van der Waals surface area (Å²) in [6.07, 6.45) is 6.30. The van der Waals surface area contributed by atoms with E-state index >= 15 is 0 Å². The van der Waals surface area contributed by atoms with Gasteiger partial charge in [0.05, 0.1) is 11.9 Å². The Balaban J connectivity index is 2.02. The molecule has 2 rings (SSSR count). The van der Waals surface area contributed by atoms with Crippen molar-refractivity contribution < 1.29 is 0 Å². The molecule has 17 heavy (non-hydrogen) atoms. The maximum Gasteiger partial charge on any atom is 0.0564 e. The van der Waals surface area contributed by atoms with Crippen molar-refractivity contribution in [2.45, 2.75) is 38.8 Å². The smallest absolute Gasteiger partial charge is 0.0564 e. The highest BCUT2D eigenvalue weighted by atomic mass is 79.9. The van der Waals surface area contributed by atoms with Gasteiger partial charge in [-0.1, -0.05) is 13.8 Å². The number of rotatable bonds is 3. The van der Waals surface area contributed by atoms with Crippen molar-refractivity contribution in [1.82, 2.24) is 10.3 Å². The summed E-state index contributed by atoms with van der Waals surface area (Å²) in [5.41, 5.74) is 1.22. The van der Waals surface area contributed by atoms with Crippen molar-refractivity contribution in [3.63, 3.8) is 0 Å². The van der Waals surface area contributed by atoms with E-state index in [1.807, 2.05) is 12.4 Å². The summed E-state index contributed by atoms with van der Waals surface area (Å²) in [6.45, 7) is 6.63. The fourth-order valence-electron chi connectivity index (χ4n) is 2.39. The van der Waals surface area contributed by atoms with Crippen LogP contribution < -0.4 is 10.2 Å². The molecule has 1 aromatic rings. The third-order valence-corrected chi connectivity index (χ3v) is 3.48. The van der Waals surface area contributed by atoms with E-state index in [-0.39, 0.29) is 0 Å². The van der Waals surface area contributed by atoms with Crippen LogP contribution in [0.25, 0.3) is 0 Å². The Labute approximate surface area is 112 Å². The van der Waals surface area contributed by atoms with Gasteiger partial charge in [0.25, 0.3) is 0 Å². The zero-order valence-corrected chi connectivity index (χ0v) is 12.1. The molecule has 0 aromatic carbocycles. The first-order chi connectivity index (χ1) is 8.15. The standard InChI is InChI=1S/C13H20BrN3/c1-10(2)16-12-4-3-5-17(9-12)13-6-11(14)7-15-8-13/h6-8,10,12,16H,3-5,9H2,1-2H3. The summed E-state index contributed by atoms with van der Waals surface area (Å²) in [7, 11) is 0. The molecule has 1 N–H and O–H groups in total. The average Bonchev–Trinajstić information content (AvgIpc) is 2.28. The average molecular weight is 298 g/mol. The molecule has 3 nitrogen and oxygen atoms in total. The van der Waals surface area contributed by atoms with Crippen molar-refractivity contribution in [2.24, 2.45) is 0 Å². The van der Waals surface area contributed by atoms with Crippen LogP contribution in [-0.2, 0) is 0 Å². The number of aromatic nitrogens is 1. The molecule has 2 heterocycles. The van der Waals surface area contributed by atoms with Gasteiger partial charge in [-0.25, -0.2) is 0 Å². The van der Waals surface area contributed by atoms with Crippen LogP contribution in [0.3, 0.4) is 0 Å². The lowest BCUT2D eigenvalue weighted by Crippen LogP contribution is -2.47. The van der Waals surface area contributed by atoms with Gasteiger partial charge < -0.3 is 10.2 Å². The Kier molecular flexibility index (Phi) is 4.40. The van der Waals surface area contributed by atoms with Gasteiger partial charge >= 0.3 is 0 Å². The maximum absolute atomic E-state index is 4.24. The van der Waals surface area contributed by atoms with Crippen LogP contribution in [0.1, 0.15) is 26.7 Å². The van der Waals surface area contributed by atoms with Gasteiger partial charge in [0.1, 0.15) is 0 Å². The monoisotopic (exact) mass is 297 g/mol. The van der Waals surface area contributed by atoms with E-state index in [0.717, 1.165) is 17.6 Å². The highest BCUT2D eigenvalue weighted by Crippen LogP contribution is 2.22. The summed E-state index contributed by atoms with van der Waals surface area (Å²) in [5.74, 6) is 0. The SMILES string of the molecule is CC(C)NC1CCCN(c2cncc(Br)c2)C1. The fraction of sp³-hybridized carbons (Fsp3) is 0.615. The minimum atomic E-state index is 0.556. The Morgan fingerprint density at radius 1 is 1.47 bits per heavy atom. The van der Waals surface area contributed by atoms with Crippen LogP contribution in [-0.4, -0.2) is 30.2 Å². The number of piperidine rings is 1. The Morgan fingerprint density at radius 3 is 3.00 bits per heavy atom. The Morgan fingerprint density at radius 2 is 2.29 bits per heavy atom. The number of anilines is 1. The molecule has 0 amide bonds. The van der Waals surface area contributed by atoms with Crippen molar-refractivity contribution in [1.29, 1.82) is 0 Å². The van der Waals surface area contributed by atoms with Gasteiger partial charge in [-0.05, 0) is 34.8 Å². The van der Waals surface area contributed by atoms with Crippen LogP contribution in [0, 0.1) is 0 Å². The number of nitrogens with zero attached hydrogens (tertiary/aromatic N) is 2. The third kappa shape index (κ3) is 3.68. The zero-order chi connectivity index (χ0) is 12.3. The summed E-state index contributed by atoms with van der Waals surface area (Å²) in [5, 5.41) is 3.62. The van der Waals surface area contributed by atoms with E-state index in [9.17, 15) is 0 Å². The molecular weight excluding hydrogens is 278 g/mol. The third-order valence-electron chi connectivity index (χ3n) is 3.05. The summed E-state index contributed by atoms with van der Waals surface area (Å²) in [4.78, 5) is 6.65. The van der Waals surface area contributed by atoms with Gasteiger partial charge in [-0.15, -0.1) is 0 Å². The summed E-state index contributed by atoms with van der Waals surface area (Å²) >= 11 is 3.48. The van der Waals surface area contributed by atoms with E-state index < -0.39 is 0 Å². The molecule has 1 unspecified atom stereocenters. The summed E-state index contributed by atoms with van der Waals surface area (Å²) in [6, 6.07) is 3.30. The number of halogens is 1. The molecule has 0 radical (unpaired) electrons. The largest absolute Gasteiger partial charge is 0.369 e. The van der Waals surface area contributed by atoms with Crippen molar-refractivity contribution in [3.8, 4) is 0 Å². The first-order valence-corrected chi connectivity index (χ1v) is 7.06. The van der Waals surface area contributed by atoms with Gasteiger partial charge in [0.15, 0.2) is 0 Å². The molecule has 1 aliphatic heterocycles. The van der Waals surface area contributed by atoms with Gasteiger partial charge in [0.2, 0.25) is 0 Å². The molecule has 94 valence electrons. The van der Waals surface area contributed by atoms with Crippen molar-refractivity contribution in [2.75, 3.05) is 18.0 Å². The van der Waals surface area contributed by atoms with Gasteiger partial charge in [-0.3, -0.25) is 4.98 Å². The van der Waals surface area contributed by atoms with E-state index in [4.69, 9.17) is 0 Å². The minimum Gasteiger partial charge on any atom is -0.369 e. The maximum atomic E-state index is 4.24. The van der Waals surface area contributed by atoms with Crippen LogP contribution in [0.2, 0.25) is 0 Å². The molecule has 0 bridgehead atoms. The van der Waals surface area contributed by atoms with Crippen LogP contribution in [0.15, 0.2) is 22.9 Å². The molecular formula is C13H20BrN3. The van der Waals surface area contributed by atoms with E-state index in [2.05, 4.69) is 51.0 Å². The van der Waals surface area contributed by atoms with Crippen LogP contribution >= 0.6 is 15.9 Å². The highest BCUT2D eigenvalue weighted by Gasteiger charge is 2.20. The lowest BCUT2D eigenvalue weighted by molar-refractivity contribution is 0.394. The molecule has 1 aromatic heterocycles. The molecule has 1 fully saturated rings. The molecule has 0 aliphatic carbocycles. The minimum absolute atomic E-state index is 0.556. The van der Waals surface area contributed by atoms with Gasteiger partial charge in [-0.2, -0.15) is 0 Å². The second kappa shape index (κ2) is 5.83. The second-order valence-electron chi connectivity index (χ2n) is 4.97. The predicted molar refractivity (Wildman–Crippen MR) is 75.4 cm³/mol. The van der Waals surface area contributed by atoms with E-state index in [1.54, 1.807) is 0 Å². The number of nitrogens with one attached hydrogen (secondary N) is 1. The van der Waals surface area contributed by atoms with Gasteiger partial charge in [0, 0.05) is 35.8 Å². The first kappa shape index (κ1) is 12.8. The lowest BCUT2D eigenvalue weighted by Gasteiger charge is -2.35. The molecule has 1 atom stereocenters. The number of hydrogen-bond donors (Lipinski definition) is 1. The quantitative estimate of drug-likeness (QED) is 0.930. The highest BCUT2D eigenvalue weighted by molar-refractivity contribution is 9.10. The van der Waals surface area contributed by atoms with E-state index in [1.165, 1.54) is 18.5 Å². The second-order valence-corrected chi connectivity index (χ2v) is 5.88. The molecule has 0 saturated carbocycles. The predicted octanol–water partition coefficient (Wildman–Crippen LogP) is 2.81. The normalized spacial score (nSPS) is 20.9. The number of pyridine rings is 1. The van der Waals surface area contributed by atoms with E-state index in [0.29, 0.717) is 12.1 Å². The Bertz CT molecular complexity index is 367. The molecule has 4 heteroatoms. The molecule has 1 saturated heterocycles. The molecule has 0 spiro atoms.